The summed E-state index contributed by atoms with van der Waals surface area (Å²) in [6.45, 7) is 2.61. The summed E-state index contributed by atoms with van der Waals surface area (Å²) in [4.78, 5) is 0. The minimum absolute atomic E-state index is 0.130. The lowest BCUT2D eigenvalue weighted by atomic mass is 9.99. The van der Waals surface area contributed by atoms with Crippen molar-refractivity contribution in [2.24, 2.45) is 5.92 Å². The van der Waals surface area contributed by atoms with Gasteiger partial charge in [-0.1, -0.05) is 0 Å². The van der Waals surface area contributed by atoms with Crippen LogP contribution in [0.4, 0.5) is 0 Å². The molecule has 1 N–H and O–H groups in total. The van der Waals surface area contributed by atoms with Gasteiger partial charge in [0.05, 0.1) is 12.9 Å². The summed E-state index contributed by atoms with van der Waals surface area (Å²) in [5.74, 6) is 0.854. The molecule has 1 aliphatic rings. The summed E-state index contributed by atoms with van der Waals surface area (Å²) in [7, 11) is -1.41. The minimum atomic E-state index is -3.06. The fraction of sp³-hybridized carbons (Fsp3) is 1.00. The van der Waals surface area contributed by atoms with Crippen molar-refractivity contribution < 1.29 is 13.2 Å². The number of hydrogen-bond donors (Lipinski definition) is 1. The van der Waals surface area contributed by atoms with E-state index in [-0.39, 0.29) is 6.04 Å². The lowest BCUT2D eigenvalue weighted by Gasteiger charge is -2.31. The monoisotopic (exact) mass is 298 g/mol. The second kappa shape index (κ2) is 7.65. The highest BCUT2D eigenvalue weighted by Crippen LogP contribution is 2.18. The summed E-state index contributed by atoms with van der Waals surface area (Å²) in [6, 6.07) is 0.130. The van der Waals surface area contributed by atoms with Crippen molar-refractivity contribution in [2.45, 2.75) is 18.9 Å². The Morgan fingerprint density at radius 3 is 2.83 bits per heavy atom. The number of ether oxygens (including phenoxy) is 1. The molecule has 1 fully saturated rings. The van der Waals surface area contributed by atoms with Crippen LogP contribution in [0, 0.1) is 5.92 Å². The van der Waals surface area contributed by atoms with Gasteiger partial charge < -0.3 is 10.1 Å². The second-order valence-electron chi connectivity index (χ2n) is 4.84. The van der Waals surface area contributed by atoms with E-state index in [1.807, 2.05) is 0 Å². The number of piperidine rings is 1. The van der Waals surface area contributed by atoms with Crippen LogP contribution in [0.15, 0.2) is 0 Å². The number of rotatable bonds is 7. The van der Waals surface area contributed by atoms with Crippen LogP contribution in [-0.4, -0.2) is 64.3 Å². The minimum Gasteiger partial charge on any atom is -0.383 e. The van der Waals surface area contributed by atoms with E-state index in [1.54, 1.807) is 11.4 Å². The van der Waals surface area contributed by atoms with Gasteiger partial charge in [0.1, 0.15) is 0 Å². The van der Waals surface area contributed by atoms with Crippen molar-refractivity contribution in [1.82, 2.24) is 9.62 Å². The molecular weight excluding hydrogens is 276 g/mol. The van der Waals surface area contributed by atoms with Crippen LogP contribution in [0.2, 0.25) is 0 Å². The normalized spacial score (nSPS) is 24.1. The average Bonchev–Trinajstić information content (AvgIpc) is 2.34. The fourth-order valence-electron chi connectivity index (χ4n) is 2.19. The van der Waals surface area contributed by atoms with Gasteiger partial charge in [0.2, 0.25) is 10.0 Å². The number of nitrogens with zero attached hydrogens (tertiary/aromatic N) is 1. The highest BCUT2D eigenvalue weighted by Gasteiger charge is 2.26. The van der Waals surface area contributed by atoms with Crippen LogP contribution < -0.4 is 5.32 Å². The topological polar surface area (TPSA) is 58.6 Å². The lowest BCUT2D eigenvalue weighted by Crippen LogP contribution is -2.45. The van der Waals surface area contributed by atoms with E-state index < -0.39 is 10.0 Å². The molecule has 0 radical (unpaired) electrons. The van der Waals surface area contributed by atoms with Gasteiger partial charge in [0.25, 0.3) is 0 Å². The molecule has 0 aromatic carbocycles. The summed E-state index contributed by atoms with van der Waals surface area (Å²) >= 11 is 5.82. The van der Waals surface area contributed by atoms with E-state index >= 15 is 0 Å². The smallest absolute Gasteiger partial charge is 0.211 e. The number of hydrogen-bond acceptors (Lipinski definition) is 4. The van der Waals surface area contributed by atoms with Crippen LogP contribution in [0.5, 0.6) is 0 Å². The molecule has 7 heteroatoms. The second-order valence-corrected chi connectivity index (χ2v) is 7.14. The van der Waals surface area contributed by atoms with E-state index in [1.165, 1.54) is 6.26 Å². The van der Waals surface area contributed by atoms with Crippen LogP contribution in [-0.2, 0) is 14.8 Å². The van der Waals surface area contributed by atoms with Gasteiger partial charge in [-0.25, -0.2) is 12.7 Å². The largest absolute Gasteiger partial charge is 0.383 e. The van der Waals surface area contributed by atoms with E-state index in [4.69, 9.17) is 16.3 Å². The highest BCUT2D eigenvalue weighted by molar-refractivity contribution is 7.88. The molecular formula is C11H23ClN2O3S. The first kappa shape index (κ1) is 16.2. The number of nitrogens with one attached hydrogen (secondary N) is 1. The van der Waals surface area contributed by atoms with Crippen LogP contribution in [0.1, 0.15) is 12.8 Å². The Kier molecular flexibility index (Phi) is 6.87. The van der Waals surface area contributed by atoms with Crippen LogP contribution in [0.25, 0.3) is 0 Å². The summed E-state index contributed by atoms with van der Waals surface area (Å²) in [5, 5.41) is 3.33. The van der Waals surface area contributed by atoms with Gasteiger partial charge in [0, 0.05) is 32.1 Å². The fourth-order valence-corrected chi connectivity index (χ4v) is 3.33. The zero-order valence-corrected chi connectivity index (χ0v) is 12.6. The maximum atomic E-state index is 11.5. The molecule has 1 saturated heterocycles. The van der Waals surface area contributed by atoms with E-state index in [9.17, 15) is 8.42 Å². The van der Waals surface area contributed by atoms with E-state index in [2.05, 4.69) is 5.32 Å². The third-order valence-electron chi connectivity index (χ3n) is 3.20. The molecule has 1 heterocycles. The molecule has 5 nitrogen and oxygen atoms in total. The summed E-state index contributed by atoms with van der Waals surface area (Å²) < 4.78 is 29.6. The molecule has 0 aliphatic carbocycles. The van der Waals surface area contributed by atoms with Crippen LogP contribution >= 0.6 is 11.6 Å². The van der Waals surface area contributed by atoms with Gasteiger partial charge in [0.15, 0.2) is 0 Å². The Balaban J connectivity index is 2.38. The maximum Gasteiger partial charge on any atom is 0.211 e. The van der Waals surface area contributed by atoms with E-state index in [0.717, 1.165) is 19.4 Å². The van der Waals surface area contributed by atoms with Gasteiger partial charge in [-0.3, -0.25) is 0 Å². The van der Waals surface area contributed by atoms with Gasteiger partial charge in [-0.05, 0) is 25.3 Å². The lowest BCUT2D eigenvalue weighted by molar-refractivity contribution is 0.166. The molecule has 0 spiro atoms. The van der Waals surface area contributed by atoms with Crippen molar-refractivity contribution in [3.05, 3.63) is 0 Å². The molecule has 2 unspecified atom stereocenters. The average molecular weight is 299 g/mol. The van der Waals surface area contributed by atoms with Gasteiger partial charge in [-0.15, -0.1) is 11.6 Å². The number of sulfonamides is 1. The summed E-state index contributed by atoms with van der Waals surface area (Å²) in [5.41, 5.74) is 0. The SMILES string of the molecule is COCC(CCl)NCC1CCCN(S(C)(=O)=O)C1. The molecule has 2 atom stereocenters. The first-order valence-corrected chi connectivity index (χ1v) is 8.59. The van der Waals surface area contributed by atoms with Crippen molar-refractivity contribution in [1.29, 1.82) is 0 Å². The van der Waals surface area contributed by atoms with Crippen molar-refractivity contribution in [3.63, 3.8) is 0 Å². The Bertz CT molecular complexity index is 337. The highest BCUT2D eigenvalue weighted by atomic mass is 35.5. The first-order chi connectivity index (χ1) is 8.47. The molecule has 108 valence electrons. The summed E-state index contributed by atoms with van der Waals surface area (Å²) in [6.07, 6.45) is 3.26. The van der Waals surface area contributed by atoms with Crippen molar-refractivity contribution in [2.75, 3.05) is 45.5 Å². The third-order valence-corrected chi connectivity index (χ3v) is 4.84. The number of methoxy groups -OCH3 is 1. The molecule has 1 aliphatic heterocycles. The predicted molar refractivity (Wildman–Crippen MR) is 73.5 cm³/mol. The van der Waals surface area contributed by atoms with Crippen LogP contribution in [0.3, 0.4) is 0 Å². The molecule has 0 saturated carbocycles. The number of halogens is 1. The Morgan fingerprint density at radius 2 is 2.28 bits per heavy atom. The molecule has 0 bridgehead atoms. The molecule has 0 aromatic rings. The van der Waals surface area contributed by atoms with Crippen molar-refractivity contribution in [3.8, 4) is 0 Å². The number of alkyl halides is 1. The third kappa shape index (κ3) is 5.40. The quantitative estimate of drug-likeness (QED) is 0.696. The first-order valence-electron chi connectivity index (χ1n) is 6.20. The molecule has 0 amide bonds. The zero-order valence-electron chi connectivity index (χ0n) is 11.1. The van der Waals surface area contributed by atoms with Gasteiger partial charge >= 0.3 is 0 Å². The zero-order chi connectivity index (χ0) is 13.6. The Morgan fingerprint density at radius 1 is 1.56 bits per heavy atom. The maximum absolute atomic E-state index is 11.5. The van der Waals surface area contributed by atoms with Crippen molar-refractivity contribution >= 4 is 21.6 Å². The standard InChI is InChI=1S/C11H23ClN2O3S/c1-17-9-11(6-12)13-7-10-4-3-5-14(8-10)18(2,15)16/h10-11,13H,3-9H2,1-2H3. The van der Waals surface area contributed by atoms with Gasteiger partial charge in [-0.2, -0.15) is 0 Å². The predicted octanol–water partition coefficient (Wildman–Crippen LogP) is 0.501. The molecule has 18 heavy (non-hydrogen) atoms. The Labute approximate surface area is 115 Å². The molecule has 0 aromatic heterocycles. The van der Waals surface area contributed by atoms with E-state index in [0.29, 0.717) is 31.5 Å². The molecule has 1 rings (SSSR count). The Hall–Kier alpha value is 0.120.